The molecule has 0 bridgehead atoms. The second-order valence-corrected chi connectivity index (χ2v) is 5.27. The first kappa shape index (κ1) is 16.1. The molecule has 5 nitrogen and oxygen atoms in total. The summed E-state index contributed by atoms with van der Waals surface area (Å²) in [7, 11) is 1.62. The molecule has 1 aliphatic heterocycles. The predicted octanol–water partition coefficient (Wildman–Crippen LogP) is 1.69. The average Bonchev–Trinajstić information content (AvgIpc) is 2.50. The fourth-order valence-electron chi connectivity index (χ4n) is 2.49. The Kier molecular flexibility index (Phi) is 5.85. The van der Waals surface area contributed by atoms with Crippen molar-refractivity contribution in [2.45, 2.75) is 19.5 Å². The van der Waals surface area contributed by atoms with Gasteiger partial charge >= 0.3 is 5.97 Å². The number of benzene rings is 1. The Morgan fingerprint density at radius 3 is 3.05 bits per heavy atom. The van der Waals surface area contributed by atoms with Crippen molar-refractivity contribution in [1.82, 2.24) is 10.2 Å². The lowest BCUT2D eigenvalue weighted by Gasteiger charge is -2.34. The zero-order chi connectivity index (χ0) is 15.2. The molecule has 0 aromatic heterocycles. The highest BCUT2D eigenvalue weighted by Gasteiger charge is 2.30. The molecular weight excluding hydrogens is 292 g/mol. The molecule has 1 heterocycles. The first-order valence-electron chi connectivity index (χ1n) is 7.10. The van der Waals surface area contributed by atoms with Gasteiger partial charge < -0.3 is 14.8 Å². The third-order valence-corrected chi connectivity index (χ3v) is 3.92. The number of carbonyl (C=O) groups excluding carboxylic acids is 1. The number of esters is 1. The molecule has 1 fully saturated rings. The van der Waals surface area contributed by atoms with Crippen LogP contribution in [0.25, 0.3) is 0 Å². The number of methoxy groups -OCH3 is 1. The minimum Gasteiger partial charge on any atom is -0.496 e. The van der Waals surface area contributed by atoms with Crippen molar-refractivity contribution in [2.24, 2.45) is 0 Å². The lowest BCUT2D eigenvalue weighted by Crippen LogP contribution is -2.54. The number of hydrogen-bond donors (Lipinski definition) is 1. The van der Waals surface area contributed by atoms with Crippen LogP contribution in [0.4, 0.5) is 0 Å². The molecule has 0 spiro atoms. The molecule has 1 unspecified atom stereocenters. The van der Waals surface area contributed by atoms with Gasteiger partial charge in [0, 0.05) is 36.8 Å². The lowest BCUT2D eigenvalue weighted by atomic mass is 10.1. The first-order valence-corrected chi connectivity index (χ1v) is 7.48. The van der Waals surface area contributed by atoms with Gasteiger partial charge in [0.1, 0.15) is 11.8 Å². The van der Waals surface area contributed by atoms with Gasteiger partial charge in [0.05, 0.1) is 13.7 Å². The van der Waals surface area contributed by atoms with Crippen molar-refractivity contribution >= 4 is 17.6 Å². The Balaban J connectivity index is 2.18. The molecule has 0 amide bonds. The molecule has 1 aliphatic rings. The van der Waals surface area contributed by atoms with Crippen molar-refractivity contribution < 1.29 is 14.3 Å². The SMILES string of the molecule is CCOC(=O)C1CNCCN1Cc1c(Cl)cccc1OC. The number of hydrogen-bond acceptors (Lipinski definition) is 5. The summed E-state index contributed by atoms with van der Waals surface area (Å²) in [5, 5.41) is 3.87. The molecular formula is C15H21ClN2O3. The maximum Gasteiger partial charge on any atom is 0.324 e. The Hall–Kier alpha value is -1.30. The van der Waals surface area contributed by atoms with Crippen LogP contribution in [0, 0.1) is 0 Å². The van der Waals surface area contributed by atoms with E-state index in [4.69, 9.17) is 21.1 Å². The highest BCUT2D eigenvalue weighted by molar-refractivity contribution is 6.31. The summed E-state index contributed by atoms with van der Waals surface area (Å²) >= 11 is 6.28. The maximum atomic E-state index is 12.1. The third-order valence-electron chi connectivity index (χ3n) is 3.57. The van der Waals surface area contributed by atoms with Gasteiger partial charge in [-0.05, 0) is 19.1 Å². The highest BCUT2D eigenvalue weighted by atomic mass is 35.5. The summed E-state index contributed by atoms with van der Waals surface area (Å²) in [6.07, 6.45) is 0. The van der Waals surface area contributed by atoms with Crippen molar-refractivity contribution in [3.05, 3.63) is 28.8 Å². The number of halogens is 1. The van der Waals surface area contributed by atoms with Gasteiger partial charge in [-0.1, -0.05) is 17.7 Å². The van der Waals surface area contributed by atoms with E-state index in [0.717, 1.165) is 24.4 Å². The zero-order valence-electron chi connectivity index (χ0n) is 12.4. The molecule has 1 atom stereocenters. The molecule has 116 valence electrons. The van der Waals surface area contributed by atoms with Crippen LogP contribution in [-0.4, -0.2) is 50.3 Å². The van der Waals surface area contributed by atoms with E-state index in [9.17, 15) is 4.79 Å². The van der Waals surface area contributed by atoms with Gasteiger partial charge in [-0.25, -0.2) is 0 Å². The van der Waals surface area contributed by atoms with E-state index in [1.165, 1.54) is 0 Å². The monoisotopic (exact) mass is 312 g/mol. The van der Waals surface area contributed by atoms with Crippen LogP contribution >= 0.6 is 11.6 Å². The van der Waals surface area contributed by atoms with E-state index in [-0.39, 0.29) is 12.0 Å². The van der Waals surface area contributed by atoms with E-state index in [2.05, 4.69) is 10.2 Å². The minimum absolute atomic E-state index is 0.198. The molecule has 21 heavy (non-hydrogen) atoms. The van der Waals surface area contributed by atoms with Crippen molar-refractivity contribution in [1.29, 1.82) is 0 Å². The van der Waals surface area contributed by atoms with Crippen LogP contribution in [0.2, 0.25) is 5.02 Å². The minimum atomic E-state index is -0.292. The smallest absolute Gasteiger partial charge is 0.324 e. The van der Waals surface area contributed by atoms with E-state index in [1.807, 2.05) is 25.1 Å². The Morgan fingerprint density at radius 1 is 1.52 bits per heavy atom. The fraction of sp³-hybridized carbons (Fsp3) is 0.533. The van der Waals surface area contributed by atoms with Crippen LogP contribution < -0.4 is 10.1 Å². The quantitative estimate of drug-likeness (QED) is 0.839. The largest absolute Gasteiger partial charge is 0.496 e. The van der Waals surface area contributed by atoms with Gasteiger partial charge in [-0.2, -0.15) is 0 Å². The van der Waals surface area contributed by atoms with E-state index < -0.39 is 0 Å². The summed E-state index contributed by atoms with van der Waals surface area (Å²) in [5.41, 5.74) is 0.901. The molecule has 0 aliphatic carbocycles. The summed E-state index contributed by atoms with van der Waals surface area (Å²) in [6.45, 7) is 4.95. The number of ether oxygens (including phenoxy) is 2. The third kappa shape index (κ3) is 3.87. The number of piperazine rings is 1. The molecule has 1 N–H and O–H groups in total. The molecule has 0 saturated carbocycles. The molecule has 0 radical (unpaired) electrons. The molecule has 1 aromatic rings. The topological polar surface area (TPSA) is 50.8 Å². The van der Waals surface area contributed by atoms with Gasteiger partial charge in [-0.15, -0.1) is 0 Å². The van der Waals surface area contributed by atoms with Gasteiger partial charge in [0.25, 0.3) is 0 Å². The Bertz CT molecular complexity index is 496. The average molecular weight is 313 g/mol. The van der Waals surface area contributed by atoms with Crippen LogP contribution in [0.5, 0.6) is 5.75 Å². The zero-order valence-corrected chi connectivity index (χ0v) is 13.2. The molecule has 1 aromatic carbocycles. The molecule has 1 saturated heterocycles. The highest BCUT2D eigenvalue weighted by Crippen LogP contribution is 2.28. The number of rotatable bonds is 5. The summed E-state index contributed by atoms with van der Waals surface area (Å²) in [4.78, 5) is 14.2. The summed E-state index contributed by atoms with van der Waals surface area (Å²) < 4.78 is 10.5. The lowest BCUT2D eigenvalue weighted by molar-refractivity contribution is -0.150. The Morgan fingerprint density at radius 2 is 2.33 bits per heavy atom. The van der Waals surface area contributed by atoms with E-state index in [1.54, 1.807) is 7.11 Å². The standard InChI is InChI=1S/C15H21ClN2O3/c1-3-21-15(19)13-9-17-7-8-18(13)10-11-12(16)5-4-6-14(11)20-2/h4-6,13,17H,3,7-10H2,1-2H3. The van der Waals surface area contributed by atoms with Crippen LogP contribution in [0.1, 0.15) is 12.5 Å². The van der Waals surface area contributed by atoms with E-state index in [0.29, 0.717) is 24.7 Å². The van der Waals surface area contributed by atoms with Gasteiger partial charge in [-0.3, -0.25) is 9.69 Å². The second-order valence-electron chi connectivity index (χ2n) is 4.86. The van der Waals surface area contributed by atoms with Crippen molar-refractivity contribution in [3.63, 3.8) is 0 Å². The second kappa shape index (κ2) is 7.64. The Labute approximate surface area is 130 Å². The number of nitrogens with zero attached hydrogens (tertiary/aromatic N) is 1. The number of nitrogens with one attached hydrogen (secondary N) is 1. The summed E-state index contributed by atoms with van der Waals surface area (Å²) in [6, 6.07) is 5.27. The normalized spacial score (nSPS) is 19.3. The van der Waals surface area contributed by atoms with Crippen LogP contribution in [-0.2, 0) is 16.1 Å². The molecule has 6 heteroatoms. The summed E-state index contributed by atoms with van der Waals surface area (Å²) in [5.74, 6) is 0.541. The van der Waals surface area contributed by atoms with Crippen LogP contribution in [0.15, 0.2) is 18.2 Å². The first-order chi connectivity index (χ1) is 10.2. The van der Waals surface area contributed by atoms with Gasteiger partial charge in [0.15, 0.2) is 0 Å². The van der Waals surface area contributed by atoms with Gasteiger partial charge in [0.2, 0.25) is 0 Å². The molecule has 2 rings (SSSR count). The fourth-order valence-corrected chi connectivity index (χ4v) is 2.72. The predicted molar refractivity (Wildman–Crippen MR) is 81.7 cm³/mol. The number of carbonyl (C=O) groups is 1. The van der Waals surface area contributed by atoms with Crippen molar-refractivity contribution in [3.8, 4) is 5.75 Å². The van der Waals surface area contributed by atoms with Crippen molar-refractivity contribution in [2.75, 3.05) is 33.4 Å². The maximum absolute atomic E-state index is 12.1. The van der Waals surface area contributed by atoms with Crippen LogP contribution in [0.3, 0.4) is 0 Å². The van der Waals surface area contributed by atoms with E-state index >= 15 is 0 Å².